The molecule has 26 heavy (non-hydrogen) atoms. The number of benzene rings is 1. The summed E-state index contributed by atoms with van der Waals surface area (Å²) in [6, 6.07) is 9.20. The van der Waals surface area contributed by atoms with E-state index in [1.165, 1.54) is 11.8 Å². The molecule has 0 radical (unpaired) electrons. The predicted molar refractivity (Wildman–Crippen MR) is 102 cm³/mol. The molecule has 3 aromatic rings. The third kappa shape index (κ3) is 4.11. The summed E-state index contributed by atoms with van der Waals surface area (Å²) in [6.07, 6.45) is 1.62. The zero-order valence-electron chi connectivity index (χ0n) is 14.7. The van der Waals surface area contributed by atoms with Gasteiger partial charge in [-0.2, -0.15) is 0 Å². The Balaban J connectivity index is 1.59. The molecule has 1 N–H and O–H groups in total. The van der Waals surface area contributed by atoms with E-state index < -0.39 is 0 Å². The van der Waals surface area contributed by atoms with Gasteiger partial charge in [-0.15, -0.1) is 10.2 Å². The first-order chi connectivity index (χ1) is 12.5. The Morgan fingerprint density at radius 3 is 2.69 bits per heavy atom. The molecule has 0 saturated heterocycles. The highest BCUT2D eigenvalue weighted by Gasteiger charge is 2.16. The Bertz CT molecular complexity index is 904. The number of carbonyl (C=O) groups is 1. The van der Waals surface area contributed by atoms with Gasteiger partial charge in [0.1, 0.15) is 5.76 Å². The number of amides is 1. The molecular weight excluding hydrogens is 372 g/mol. The maximum atomic E-state index is 12.2. The van der Waals surface area contributed by atoms with E-state index in [0.29, 0.717) is 16.0 Å². The van der Waals surface area contributed by atoms with Crippen LogP contribution in [0.1, 0.15) is 24.3 Å². The highest BCUT2D eigenvalue weighted by molar-refractivity contribution is 7.99. The lowest BCUT2D eigenvalue weighted by Crippen LogP contribution is -2.28. The lowest BCUT2D eigenvalue weighted by molar-refractivity contribution is -0.119. The minimum Gasteiger partial charge on any atom is -0.469 e. The summed E-state index contributed by atoms with van der Waals surface area (Å²) in [5, 5.41) is 12.7. The summed E-state index contributed by atoms with van der Waals surface area (Å²) in [5.41, 5.74) is 1.90. The number of hydrogen-bond donors (Lipinski definition) is 1. The van der Waals surface area contributed by atoms with Crippen LogP contribution >= 0.6 is 23.4 Å². The van der Waals surface area contributed by atoms with Crippen LogP contribution in [0, 0.1) is 6.92 Å². The summed E-state index contributed by atoms with van der Waals surface area (Å²) in [5.74, 6) is 1.69. The van der Waals surface area contributed by atoms with Crippen LogP contribution < -0.4 is 5.32 Å². The Labute approximate surface area is 160 Å². The van der Waals surface area contributed by atoms with E-state index in [1.807, 2.05) is 55.8 Å². The number of nitrogens with zero attached hydrogens (tertiary/aromatic N) is 3. The molecule has 3 rings (SSSR count). The van der Waals surface area contributed by atoms with Crippen molar-refractivity contribution in [1.29, 1.82) is 0 Å². The van der Waals surface area contributed by atoms with Gasteiger partial charge in [0.05, 0.1) is 23.6 Å². The molecular formula is C18H19ClN4O2S. The van der Waals surface area contributed by atoms with Gasteiger partial charge < -0.3 is 14.3 Å². The molecule has 0 spiro atoms. The molecule has 0 unspecified atom stereocenters. The van der Waals surface area contributed by atoms with Gasteiger partial charge in [-0.05, 0) is 37.6 Å². The third-order valence-corrected chi connectivity index (χ3v) is 5.29. The standard InChI is InChI=1S/C18H19ClN4O2S/c1-11(13-4-6-14(19)7-5-13)20-16(24)10-26-18-22-21-17(23(18)3)15-8-9-25-12(15)2/h4-9,11H,10H2,1-3H3,(H,20,24)/t11-/m1/s1. The molecule has 2 heterocycles. The number of carbonyl (C=O) groups excluding carboxylic acids is 1. The summed E-state index contributed by atoms with van der Waals surface area (Å²) in [4.78, 5) is 12.2. The molecule has 0 aliphatic rings. The van der Waals surface area contributed by atoms with Gasteiger partial charge in [0, 0.05) is 12.1 Å². The molecule has 6 nitrogen and oxygen atoms in total. The Hall–Kier alpha value is -2.25. The fourth-order valence-corrected chi connectivity index (χ4v) is 3.39. The van der Waals surface area contributed by atoms with E-state index in [2.05, 4.69) is 15.5 Å². The molecule has 136 valence electrons. The van der Waals surface area contributed by atoms with E-state index >= 15 is 0 Å². The molecule has 0 bridgehead atoms. The summed E-state index contributed by atoms with van der Waals surface area (Å²) in [7, 11) is 1.87. The second-order valence-corrected chi connectivity index (χ2v) is 7.26. The van der Waals surface area contributed by atoms with Crippen LogP contribution in [0.4, 0.5) is 0 Å². The van der Waals surface area contributed by atoms with Crippen molar-refractivity contribution in [1.82, 2.24) is 20.1 Å². The summed E-state index contributed by atoms with van der Waals surface area (Å²) in [6.45, 7) is 3.82. The molecule has 0 saturated carbocycles. The lowest BCUT2D eigenvalue weighted by Gasteiger charge is -2.14. The number of nitrogens with one attached hydrogen (secondary N) is 1. The van der Waals surface area contributed by atoms with Crippen molar-refractivity contribution in [2.24, 2.45) is 7.05 Å². The Kier molecular flexibility index (Phi) is 5.68. The topological polar surface area (TPSA) is 72.9 Å². The van der Waals surface area contributed by atoms with Crippen molar-refractivity contribution >= 4 is 29.3 Å². The van der Waals surface area contributed by atoms with Crippen LogP contribution in [-0.2, 0) is 11.8 Å². The van der Waals surface area contributed by atoms with Crippen molar-refractivity contribution in [2.45, 2.75) is 25.0 Å². The van der Waals surface area contributed by atoms with E-state index in [4.69, 9.17) is 16.0 Å². The van der Waals surface area contributed by atoms with Gasteiger partial charge >= 0.3 is 0 Å². The van der Waals surface area contributed by atoms with Crippen LogP contribution in [0.15, 0.2) is 46.2 Å². The Morgan fingerprint density at radius 1 is 1.31 bits per heavy atom. The maximum Gasteiger partial charge on any atom is 0.230 e. The van der Waals surface area contributed by atoms with E-state index in [-0.39, 0.29) is 17.7 Å². The van der Waals surface area contributed by atoms with Gasteiger partial charge in [0.2, 0.25) is 5.91 Å². The largest absolute Gasteiger partial charge is 0.469 e. The monoisotopic (exact) mass is 390 g/mol. The zero-order valence-corrected chi connectivity index (χ0v) is 16.3. The lowest BCUT2D eigenvalue weighted by atomic mass is 10.1. The first-order valence-corrected chi connectivity index (χ1v) is 9.43. The number of aromatic nitrogens is 3. The average molecular weight is 391 g/mol. The number of hydrogen-bond acceptors (Lipinski definition) is 5. The first-order valence-electron chi connectivity index (χ1n) is 8.07. The molecule has 0 aliphatic heterocycles. The molecule has 0 fully saturated rings. The maximum absolute atomic E-state index is 12.2. The van der Waals surface area contributed by atoms with Crippen molar-refractivity contribution in [3.8, 4) is 11.4 Å². The van der Waals surface area contributed by atoms with Crippen molar-refractivity contribution < 1.29 is 9.21 Å². The number of thioether (sulfide) groups is 1. The minimum atomic E-state index is -0.0935. The number of halogens is 1. The average Bonchev–Trinajstić information content (AvgIpc) is 3.19. The van der Waals surface area contributed by atoms with Crippen LogP contribution in [0.3, 0.4) is 0 Å². The number of furan rings is 1. The van der Waals surface area contributed by atoms with Gasteiger partial charge in [-0.25, -0.2) is 0 Å². The fourth-order valence-electron chi connectivity index (χ4n) is 2.54. The molecule has 0 aliphatic carbocycles. The highest BCUT2D eigenvalue weighted by atomic mass is 35.5. The third-order valence-electron chi connectivity index (χ3n) is 4.01. The Morgan fingerprint density at radius 2 is 2.04 bits per heavy atom. The van der Waals surface area contributed by atoms with Crippen molar-refractivity contribution in [3.05, 3.63) is 52.9 Å². The van der Waals surface area contributed by atoms with Gasteiger partial charge in [0.15, 0.2) is 11.0 Å². The number of aryl methyl sites for hydroxylation is 1. The van der Waals surface area contributed by atoms with Gasteiger partial charge in [0.25, 0.3) is 0 Å². The molecule has 1 atom stereocenters. The molecule has 8 heteroatoms. The normalized spacial score (nSPS) is 12.2. The minimum absolute atomic E-state index is 0.0681. The fraction of sp³-hybridized carbons (Fsp3) is 0.278. The smallest absolute Gasteiger partial charge is 0.230 e. The first kappa shape index (κ1) is 18.5. The van der Waals surface area contributed by atoms with Crippen LogP contribution in [-0.4, -0.2) is 26.4 Å². The summed E-state index contributed by atoms with van der Waals surface area (Å²) >= 11 is 7.24. The quantitative estimate of drug-likeness (QED) is 0.644. The van der Waals surface area contributed by atoms with Crippen LogP contribution in [0.25, 0.3) is 11.4 Å². The second kappa shape index (κ2) is 7.97. The van der Waals surface area contributed by atoms with Gasteiger partial charge in [-0.3, -0.25) is 4.79 Å². The molecule has 1 amide bonds. The van der Waals surface area contributed by atoms with Crippen LogP contribution in [0.5, 0.6) is 0 Å². The predicted octanol–water partition coefficient (Wildman–Crippen LogP) is 4.01. The number of rotatable bonds is 6. The van der Waals surface area contributed by atoms with E-state index in [9.17, 15) is 4.79 Å². The van der Waals surface area contributed by atoms with Crippen molar-refractivity contribution in [3.63, 3.8) is 0 Å². The van der Waals surface area contributed by atoms with E-state index in [0.717, 1.165) is 16.9 Å². The summed E-state index contributed by atoms with van der Waals surface area (Å²) < 4.78 is 7.17. The molecule has 1 aromatic carbocycles. The zero-order chi connectivity index (χ0) is 18.7. The van der Waals surface area contributed by atoms with Crippen molar-refractivity contribution in [2.75, 3.05) is 5.75 Å². The second-order valence-electron chi connectivity index (χ2n) is 5.89. The van der Waals surface area contributed by atoms with Crippen LogP contribution in [0.2, 0.25) is 5.02 Å². The van der Waals surface area contributed by atoms with E-state index in [1.54, 1.807) is 6.26 Å². The highest BCUT2D eigenvalue weighted by Crippen LogP contribution is 2.25. The molecule has 2 aromatic heterocycles. The van der Waals surface area contributed by atoms with Gasteiger partial charge in [-0.1, -0.05) is 35.5 Å². The SMILES string of the molecule is Cc1occc1-c1nnc(SCC(=O)N[C@H](C)c2ccc(Cl)cc2)n1C.